The van der Waals surface area contributed by atoms with Gasteiger partial charge in [-0.3, -0.25) is 15.1 Å². The van der Waals surface area contributed by atoms with Gasteiger partial charge < -0.3 is 4.74 Å². The molecule has 1 amide bonds. The van der Waals surface area contributed by atoms with Crippen LogP contribution in [0.25, 0.3) is 21.5 Å². The van der Waals surface area contributed by atoms with Gasteiger partial charge in [-0.05, 0) is 37.3 Å². The maximum absolute atomic E-state index is 12.7. The molecule has 0 fully saturated rings. The van der Waals surface area contributed by atoms with E-state index < -0.39 is 0 Å². The second-order valence-electron chi connectivity index (χ2n) is 6.00. The van der Waals surface area contributed by atoms with Crippen LogP contribution in [0.4, 0.5) is 5.13 Å². The van der Waals surface area contributed by atoms with Gasteiger partial charge >= 0.3 is 0 Å². The Morgan fingerprint density at radius 2 is 1.85 bits per heavy atom. The fourth-order valence-electron chi connectivity index (χ4n) is 2.82. The Labute approximate surface area is 160 Å². The van der Waals surface area contributed by atoms with E-state index in [2.05, 4.69) is 15.3 Å². The molecule has 0 spiro atoms. The van der Waals surface area contributed by atoms with Crippen LogP contribution in [0.2, 0.25) is 0 Å². The number of carbonyl (C=O) groups excluding carboxylic acids is 1. The van der Waals surface area contributed by atoms with Crippen molar-refractivity contribution in [3.8, 4) is 17.0 Å². The molecule has 6 heteroatoms. The van der Waals surface area contributed by atoms with Crippen LogP contribution >= 0.6 is 11.3 Å². The lowest BCUT2D eigenvalue weighted by Crippen LogP contribution is -2.14. The lowest BCUT2D eigenvalue weighted by Gasteiger charge is -2.07. The van der Waals surface area contributed by atoms with Crippen LogP contribution in [0.15, 0.2) is 60.7 Å². The average molecular weight is 375 g/mol. The number of pyridine rings is 1. The van der Waals surface area contributed by atoms with Crippen molar-refractivity contribution < 1.29 is 9.53 Å². The molecule has 4 rings (SSSR count). The largest absolute Gasteiger partial charge is 0.497 e. The molecule has 2 aromatic carbocycles. The number of ether oxygens (including phenoxy) is 1. The monoisotopic (exact) mass is 375 g/mol. The quantitative estimate of drug-likeness (QED) is 0.549. The molecule has 0 atom stereocenters. The second kappa shape index (κ2) is 7.17. The van der Waals surface area contributed by atoms with Crippen molar-refractivity contribution >= 4 is 32.6 Å². The fourth-order valence-corrected chi connectivity index (χ4v) is 3.71. The molecule has 0 radical (unpaired) electrons. The summed E-state index contributed by atoms with van der Waals surface area (Å²) in [5.74, 6) is 0.547. The molecule has 27 heavy (non-hydrogen) atoms. The number of methoxy groups -OCH3 is 1. The number of carbonyl (C=O) groups is 1. The van der Waals surface area contributed by atoms with Gasteiger partial charge in [0, 0.05) is 5.56 Å². The van der Waals surface area contributed by atoms with Crippen molar-refractivity contribution in [3.63, 3.8) is 0 Å². The van der Waals surface area contributed by atoms with Crippen LogP contribution in [0, 0.1) is 6.92 Å². The van der Waals surface area contributed by atoms with E-state index in [0.717, 1.165) is 27.2 Å². The molecular weight excluding hydrogens is 358 g/mol. The SMILES string of the molecule is COc1ccc2nc(NC(=O)c3ccc(-c4ccccc4)nc3C)sc2c1. The Balaban J connectivity index is 1.58. The van der Waals surface area contributed by atoms with Gasteiger partial charge in [-0.25, -0.2) is 4.98 Å². The summed E-state index contributed by atoms with van der Waals surface area (Å²) in [6, 6.07) is 19.2. The number of amides is 1. The Hall–Kier alpha value is -3.25. The number of thiazole rings is 1. The third-order valence-corrected chi connectivity index (χ3v) is 5.15. The Morgan fingerprint density at radius 1 is 1.04 bits per heavy atom. The minimum absolute atomic E-state index is 0.217. The van der Waals surface area contributed by atoms with E-state index in [4.69, 9.17) is 4.74 Å². The molecular formula is C21H17N3O2S. The average Bonchev–Trinajstić information content (AvgIpc) is 3.09. The number of hydrogen-bond acceptors (Lipinski definition) is 5. The van der Waals surface area contributed by atoms with E-state index in [1.807, 2.05) is 61.5 Å². The Morgan fingerprint density at radius 3 is 2.59 bits per heavy atom. The van der Waals surface area contributed by atoms with Crippen molar-refractivity contribution in [1.82, 2.24) is 9.97 Å². The molecule has 0 saturated heterocycles. The van der Waals surface area contributed by atoms with Crippen molar-refractivity contribution in [1.29, 1.82) is 0 Å². The predicted octanol–water partition coefficient (Wildman–Crippen LogP) is 4.93. The van der Waals surface area contributed by atoms with Crippen LogP contribution in [0.1, 0.15) is 16.1 Å². The molecule has 0 aliphatic heterocycles. The molecule has 2 aromatic heterocycles. The van der Waals surface area contributed by atoms with Crippen LogP contribution in [0.5, 0.6) is 5.75 Å². The van der Waals surface area contributed by atoms with Crippen LogP contribution in [-0.2, 0) is 0 Å². The standard InChI is InChI=1S/C21H17N3O2S/c1-13-16(9-11-17(22-13)14-6-4-3-5-7-14)20(25)24-21-23-18-10-8-15(26-2)12-19(18)27-21/h3-12H,1-2H3,(H,23,24,25). The first-order valence-electron chi connectivity index (χ1n) is 8.43. The topological polar surface area (TPSA) is 64.1 Å². The molecule has 0 aliphatic carbocycles. The van der Waals surface area contributed by atoms with E-state index in [1.165, 1.54) is 11.3 Å². The summed E-state index contributed by atoms with van der Waals surface area (Å²) in [7, 11) is 1.62. The number of aryl methyl sites for hydroxylation is 1. The lowest BCUT2D eigenvalue weighted by molar-refractivity contribution is 0.102. The third-order valence-electron chi connectivity index (χ3n) is 4.22. The molecule has 0 bridgehead atoms. The zero-order valence-corrected chi connectivity index (χ0v) is 15.7. The minimum atomic E-state index is -0.217. The predicted molar refractivity (Wildman–Crippen MR) is 109 cm³/mol. The van der Waals surface area contributed by atoms with Crippen molar-refractivity contribution in [2.75, 3.05) is 12.4 Å². The highest BCUT2D eigenvalue weighted by Crippen LogP contribution is 2.29. The number of fused-ring (bicyclic) bond motifs is 1. The van der Waals surface area contributed by atoms with E-state index >= 15 is 0 Å². The first-order valence-corrected chi connectivity index (χ1v) is 9.25. The van der Waals surface area contributed by atoms with E-state index in [1.54, 1.807) is 13.2 Å². The van der Waals surface area contributed by atoms with E-state index in [9.17, 15) is 4.79 Å². The summed E-state index contributed by atoms with van der Waals surface area (Å²) in [6.07, 6.45) is 0. The van der Waals surface area contributed by atoms with Crippen molar-refractivity contribution in [2.24, 2.45) is 0 Å². The van der Waals surface area contributed by atoms with Gasteiger partial charge in [-0.15, -0.1) is 0 Å². The lowest BCUT2D eigenvalue weighted by atomic mass is 10.1. The summed E-state index contributed by atoms with van der Waals surface area (Å²) in [5, 5.41) is 3.42. The van der Waals surface area contributed by atoms with Gasteiger partial charge in [0.25, 0.3) is 5.91 Å². The maximum atomic E-state index is 12.7. The number of nitrogens with one attached hydrogen (secondary N) is 1. The van der Waals surface area contributed by atoms with Crippen molar-refractivity contribution in [2.45, 2.75) is 6.92 Å². The van der Waals surface area contributed by atoms with Gasteiger partial charge in [-0.1, -0.05) is 41.7 Å². The Kier molecular flexibility index (Phi) is 4.56. The van der Waals surface area contributed by atoms with Gasteiger partial charge in [0.1, 0.15) is 5.75 Å². The van der Waals surface area contributed by atoms with Crippen LogP contribution in [-0.4, -0.2) is 23.0 Å². The highest BCUT2D eigenvalue weighted by atomic mass is 32.1. The Bertz CT molecular complexity index is 1120. The highest BCUT2D eigenvalue weighted by molar-refractivity contribution is 7.22. The summed E-state index contributed by atoms with van der Waals surface area (Å²) in [5.41, 5.74) is 3.90. The van der Waals surface area contributed by atoms with Gasteiger partial charge in [-0.2, -0.15) is 0 Å². The molecule has 1 N–H and O–H groups in total. The van der Waals surface area contributed by atoms with Crippen LogP contribution < -0.4 is 10.1 Å². The fraction of sp³-hybridized carbons (Fsp3) is 0.0952. The van der Waals surface area contributed by atoms with E-state index in [-0.39, 0.29) is 5.91 Å². The van der Waals surface area contributed by atoms with Gasteiger partial charge in [0.15, 0.2) is 5.13 Å². The number of rotatable bonds is 4. The van der Waals surface area contributed by atoms with E-state index in [0.29, 0.717) is 16.4 Å². The number of benzene rings is 2. The molecule has 5 nitrogen and oxygen atoms in total. The van der Waals surface area contributed by atoms with Gasteiger partial charge in [0.2, 0.25) is 0 Å². The number of hydrogen-bond donors (Lipinski definition) is 1. The molecule has 0 saturated carbocycles. The summed E-state index contributed by atoms with van der Waals surface area (Å²) >= 11 is 1.41. The maximum Gasteiger partial charge on any atom is 0.259 e. The smallest absolute Gasteiger partial charge is 0.259 e. The number of anilines is 1. The number of aromatic nitrogens is 2. The molecule has 0 aliphatic rings. The normalized spacial score (nSPS) is 10.7. The summed E-state index contributed by atoms with van der Waals surface area (Å²) < 4.78 is 6.19. The zero-order chi connectivity index (χ0) is 18.8. The molecule has 134 valence electrons. The zero-order valence-electron chi connectivity index (χ0n) is 14.9. The van der Waals surface area contributed by atoms with Crippen molar-refractivity contribution in [3.05, 3.63) is 71.9 Å². The summed E-state index contributed by atoms with van der Waals surface area (Å²) in [6.45, 7) is 1.84. The molecule has 2 heterocycles. The molecule has 4 aromatic rings. The van der Waals surface area contributed by atoms with Crippen LogP contribution in [0.3, 0.4) is 0 Å². The summed E-state index contributed by atoms with van der Waals surface area (Å²) in [4.78, 5) is 21.7. The first kappa shape index (κ1) is 17.2. The third kappa shape index (κ3) is 3.52. The first-order chi connectivity index (χ1) is 13.1. The second-order valence-corrected chi connectivity index (χ2v) is 7.03. The number of nitrogens with zero attached hydrogens (tertiary/aromatic N) is 2. The minimum Gasteiger partial charge on any atom is -0.497 e. The van der Waals surface area contributed by atoms with Gasteiger partial charge in [0.05, 0.1) is 34.3 Å². The highest BCUT2D eigenvalue weighted by Gasteiger charge is 2.14. The molecule has 0 unspecified atom stereocenters.